The van der Waals surface area contributed by atoms with Gasteiger partial charge >= 0.3 is 24.3 Å². The van der Waals surface area contributed by atoms with E-state index in [0.717, 1.165) is 43.2 Å². The standard InChI is InChI=1S/C44H60ClF3N8O7/c1-43(2,40(58)62-26-23-51-21-24-61-25-22-51)55-14-10-32(11-15-55)52-17-19-53(20-18-52)39(57)37(29-30-27-34(44(46,47)48)38(49)35(45)28-30)63-42(60)54-12-8-33(9-13-54)56-16-7-31-5-3-4-6-36(31)50-41(56)59/h3-6,27-28,32-33,37H,7-26,29,49H2,1-2H3,(H,50,59)/t37-/m1/s1. The van der Waals surface area contributed by atoms with Gasteiger partial charge in [0.05, 0.1) is 29.5 Å². The largest absolute Gasteiger partial charge is 0.463 e. The number of nitrogens with zero attached hydrogens (tertiary/aromatic N) is 6. The number of nitrogens with two attached hydrogens (primary N) is 1. The molecule has 0 spiro atoms. The number of carbonyl (C=O) groups is 4. The van der Waals surface area contributed by atoms with Gasteiger partial charge in [0.15, 0.2) is 6.10 Å². The van der Waals surface area contributed by atoms with E-state index in [9.17, 15) is 32.3 Å². The summed E-state index contributed by atoms with van der Waals surface area (Å²) in [5.41, 5.74) is 5.05. The number of piperidine rings is 2. The maximum Gasteiger partial charge on any atom is 0.418 e. The molecule has 4 amide bonds. The van der Waals surface area contributed by atoms with Crippen LogP contribution >= 0.6 is 11.6 Å². The molecule has 7 rings (SSSR count). The van der Waals surface area contributed by atoms with Crippen LogP contribution in [0.3, 0.4) is 0 Å². The number of nitrogens with one attached hydrogen (secondary N) is 1. The molecule has 0 radical (unpaired) electrons. The van der Waals surface area contributed by atoms with E-state index >= 15 is 0 Å². The van der Waals surface area contributed by atoms with Crippen LogP contribution in [0.4, 0.5) is 34.1 Å². The van der Waals surface area contributed by atoms with Crippen LogP contribution in [0.25, 0.3) is 0 Å². The van der Waals surface area contributed by atoms with Gasteiger partial charge in [-0.25, -0.2) is 9.59 Å². The minimum absolute atomic E-state index is 0.0499. The van der Waals surface area contributed by atoms with E-state index in [1.165, 1.54) is 11.0 Å². The molecule has 19 heteroatoms. The van der Waals surface area contributed by atoms with Crippen LogP contribution in [-0.2, 0) is 42.8 Å². The molecule has 4 saturated heterocycles. The minimum atomic E-state index is -4.80. The highest BCUT2D eigenvalue weighted by molar-refractivity contribution is 6.33. The van der Waals surface area contributed by atoms with Gasteiger partial charge in [0.1, 0.15) is 12.1 Å². The van der Waals surface area contributed by atoms with Gasteiger partial charge in [0.2, 0.25) is 0 Å². The van der Waals surface area contributed by atoms with Crippen LogP contribution in [0.15, 0.2) is 36.4 Å². The first kappa shape index (κ1) is 46.6. The predicted molar refractivity (Wildman–Crippen MR) is 230 cm³/mol. The molecular formula is C44H60ClF3N8O7. The van der Waals surface area contributed by atoms with Gasteiger partial charge in [-0.3, -0.25) is 24.3 Å². The van der Waals surface area contributed by atoms with E-state index in [4.69, 9.17) is 31.5 Å². The predicted octanol–water partition coefficient (Wildman–Crippen LogP) is 4.81. The third kappa shape index (κ3) is 11.3. The van der Waals surface area contributed by atoms with Crippen molar-refractivity contribution in [2.75, 3.05) is 109 Å². The first-order chi connectivity index (χ1) is 30.1. The van der Waals surface area contributed by atoms with Crippen molar-refractivity contribution < 1.29 is 46.6 Å². The lowest BCUT2D eigenvalue weighted by Crippen LogP contribution is -2.59. The number of hydrogen-bond acceptors (Lipinski definition) is 11. The number of benzene rings is 2. The number of ether oxygens (including phenoxy) is 3. The monoisotopic (exact) mass is 904 g/mol. The number of carbonyl (C=O) groups excluding carboxylic acids is 4. The summed E-state index contributed by atoms with van der Waals surface area (Å²) in [7, 11) is 0. The number of fused-ring (bicyclic) bond motifs is 1. The van der Waals surface area contributed by atoms with E-state index in [0.29, 0.717) is 91.4 Å². The second kappa shape index (κ2) is 20.2. The van der Waals surface area contributed by atoms with Crippen LogP contribution in [0.1, 0.15) is 56.2 Å². The molecule has 0 aromatic heterocycles. The van der Waals surface area contributed by atoms with Crippen molar-refractivity contribution in [3.8, 4) is 0 Å². The third-order valence-electron chi connectivity index (χ3n) is 13.4. The number of rotatable bonds is 11. The van der Waals surface area contributed by atoms with E-state index in [2.05, 4.69) is 20.0 Å². The van der Waals surface area contributed by atoms with Crippen molar-refractivity contribution in [3.63, 3.8) is 0 Å². The topological polar surface area (TPSA) is 153 Å². The summed E-state index contributed by atoms with van der Waals surface area (Å²) < 4.78 is 58.9. The van der Waals surface area contributed by atoms with Gasteiger partial charge in [-0.1, -0.05) is 29.8 Å². The van der Waals surface area contributed by atoms with Crippen LogP contribution in [0, 0.1) is 0 Å². The average molecular weight is 905 g/mol. The molecule has 0 aliphatic carbocycles. The summed E-state index contributed by atoms with van der Waals surface area (Å²) in [6.07, 6.45) is -4.03. The SMILES string of the molecule is CC(C)(C(=O)OCCN1CCOCC1)N1CCC(N2CCN(C(=O)[C@@H](Cc3cc(Cl)c(N)c(C(F)(F)F)c3)OC(=O)N3CCC(N4CCc5ccccc5NC4=O)CC3)CC2)CC1. The first-order valence-corrected chi connectivity index (χ1v) is 22.5. The fourth-order valence-electron chi connectivity index (χ4n) is 9.41. The Bertz CT molecular complexity index is 1950. The van der Waals surface area contributed by atoms with Gasteiger partial charge in [0.25, 0.3) is 5.91 Å². The molecule has 2 aromatic carbocycles. The lowest BCUT2D eigenvalue weighted by Gasteiger charge is -2.46. The van der Waals surface area contributed by atoms with Gasteiger partial charge < -0.3 is 40.0 Å². The van der Waals surface area contributed by atoms with Gasteiger partial charge in [-0.05, 0) is 75.3 Å². The minimum Gasteiger partial charge on any atom is -0.463 e. The molecule has 0 bridgehead atoms. The summed E-state index contributed by atoms with van der Waals surface area (Å²) in [6, 6.07) is 9.70. The molecule has 5 heterocycles. The number of esters is 1. The Kier molecular flexibility index (Phi) is 15.0. The Hall–Kier alpha value is -4.36. The number of urea groups is 1. The Morgan fingerprint density at radius 1 is 0.889 bits per heavy atom. The molecule has 3 N–H and O–H groups in total. The number of hydrogen-bond donors (Lipinski definition) is 2. The molecule has 15 nitrogen and oxygen atoms in total. The summed E-state index contributed by atoms with van der Waals surface area (Å²) in [4.78, 5) is 66.0. The van der Waals surface area contributed by atoms with E-state index < -0.39 is 41.1 Å². The van der Waals surface area contributed by atoms with Crippen LogP contribution in [0.5, 0.6) is 0 Å². The number of likely N-dealkylation sites (tertiary alicyclic amines) is 2. The number of anilines is 2. The van der Waals surface area contributed by atoms with Crippen LogP contribution < -0.4 is 11.1 Å². The van der Waals surface area contributed by atoms with Crippen LogP contribution in [-0.4, -0.2) is 175 Å². The molecule has 5 aliphatic rings. The first-order valence-electron chi connectivity index (χ1n) is 22.1. The van der Waals surface area contributed by atoms with Crippen molar-refractivity contribution >= 4 is 47.0 Å². The highest BCUT2D eigenvalue weighted by Gasteiger charge is 2.41. The Morgan fingerprint density at radius 2 is 1.56 bits per heavy atom. The molecule has 2 aromatic rings. The second-order valence-electron chi connectivity index (χ2n) is 17.6. The summed E-state index contributed by atoms with van der Waals surface area (Å²) in [5.74, 6) is -0.755. The Labute approximate surface area is 371 Å². The van der Waals surface area contributed by atoms with Gasteiger partial charge in [-0.15, -0.1) is 0 Å². The summed E-state index contributed by atoms with van der Waals surface area (Å²) in [6.45, 7) is 12.1. The van der Waals surface area contributed by atoms with Gasteiger partial charge in [-0.2, -0.15) is 13.2 Å². The quantitative estimate of drug-likeness (QED) is 0.236. The van der Waals surface area contributed by atoms with Crippen molar-refractivity contribution in [1.82, 2.24) is 29.4 Å². The molecule has 0 saturated carbocycles. The number of piperazine rings is 1. The number of amides is 4. The second-order valence-corrected chi connectivity index (χ2v) is 18.0. The number of morpholine rings is 1. The number of halogens is 4. The molecule has 0 unspecified atom stereocenters. The number of alkyl halides is 3. The summed E-state index contributed by atoms with van der Waals surface area (Å²) in [5, 5.41) is 2.67. The Morgan fingerprint density at radius 3 is 2.24 bits per heavy atom. The molecule has 4 fully saturated rings. The highest BCUT2D eigenvalue weighted by atomic mass is 35.5. The van der Waals surface area contributed by atoms with Crippen molar-refractivity contribution in [3.05, 3.63) is 58.1 Å². The molecule has 5 aliphatic heterocycles. The van der Waals surface area contributed by atoms with E-state index in [1.54, 1.807) is 9.80 Å². The van der Waals surface area contributed by atoms with Crippen molar-refractivity contribution in [1.29, 1.82) is 0 Å². The van der Waals surface area contributed by atoms with Crippen molar-refractivity contribution in [2.24, 2.45) is 0 Å². The lowest BCUT2D eigenvalue weighted by atomic mass is 9.95. The lowest BCUT2D eigenvalue weighted by molar-refractivity contribution is -0.158. The Balaban J connectivity index is 0.941. The van der Waals surface area contributed by atoms with E-state index in [1.807, 2.05) is 38.1 Å². The highest BCUT2D eigenvalue weighted by Crippen LogP contribution is 2.38. The normalized spacial score (nSPS) is 21.0. The smallest absolute Gasteiger partial charge is 0.418 e. The zero-order valence-corrected chi connectivity index (χ0v) is 36.9. The molecule has 346 valence electrons. The average Bonchev–Trinajstić information content (AvgIpc) is 3.45. The zero-order chi connectivity index (χ0) is 44.9. The maximum absolute atomic E-state index is 14.3. The fourth-order valence-corrected chi connectivity index (χ4v) is 9.66. The number of nitrogen functional groups attached to an aromatic ring is 1. The van der Waals surface area contributed by atoms with E-state index in [-0.39, 0.29) is 54.2 Å². The van der Waals surface area contributed by atoms with Crippen molar-refractivity contribution in [2.45, 2.75) is 82.3 Å². The summed E-state index contributed by atoms with van der Waals surface area (Å²) >= 11 is 6.17. The molecular weight excluding hydrogens is 845 g/mol. The fraction of sp³-hybridized carbons (Fsp3) is 0.636. The van der Waals surface area contributed by atoms with Gasteiger partial charge in [0, 0.05) is 103 Å². The molecule has 1 atom stereocenters. The third-order valence-corrected chi connectivity index (χ3v) is 13.7. The maximum atomic E-state index is 14.3. The molecule has 63 heavy (non-hydrogen) atoms. The zero-order valence-electron chi connectivity index (χ0n) is 36.2. The number of para-hydroxylation sites is 1. The van der Waals surface area contributed by atoms with Crippen LogP contribution in [0.2, 0.25) is 5.02 Å².